The Morgan fingerprint density at radius 3 is 2.49 bits per heavy atom. The molecule has 0 spiro atoms. The second-order valence-corrected chi connectivity index (χ2v) is 10.9. The highest BCUT2D eigenvalue weighted by molar-refractivity contribution is 6.48. The van der Waals surface area contributed by atoms with Crippen LogP contribution in [-0.4, -0.2) is 37.9 Å². The van der Waals surface area contributed by atoms with Gasteiger partial charge in [0.05, 0.1) is 7.11 Å². The van der Waals surface area contributed by atoms with Gasteiger partial charge in [-0.1, -0.05) is 44.2 Å². The van der Waals surface area contributed by atoms with E-state index < -0.39 is 5.97 Å². The number of carbonyl (C=O) groups is 1. The van der Waals surface area contributed by atoms with E-state index in [9.17, 15) is 4.79 Å². The van der Waals surface area contributed by atoms with Gasteiger partial charge in [0.1, 0.15) is 6.61 Å². The average molecular weight is 477 g/mol. The quantitative estimate of drug-likeness (QED) is 0.325. The van der Waals surface area contributed by atoms with Crippen LogP contribution >= 0.6 is 0 Å². The Bertz CT molecular complexity index is 1030. The smallest absolute Gasteiger partial charge is 0.461 e. The number of pyridine rings is 1. The van der Waals surface area contributed by atoms with Crippen LogP contribution in [0.15, 0.2) is 42.6 Å². The van der Waals surface area contributed by atoms with Gasteiger partial charge in [0.2, 0.25) is 0 Å². The first-order valence-corrected chi connectivity index (χ1v) is 12.9. The highest BCUT2D eigenvalue weighted by Crippen LogP contribution is 2.61. The van der Waals surface area contributed by atoms with Crippen molar-refractivity contribution in [3.05, 3.63) is 59.4 Å². The summed E-state index contributed by atoms with van der Waals surface area (Å²) >= 11 is 0. The molecule has 4 fully saturated rings. The lowest BCUT2D eigenvalue weighted by Crippen LogP contribution is -2.53. The molecule has 1 aromatic heterocycles. The van der Waals surface area contributed by atoms with Gasteiger partial charge in [-0.2, -0.15) is 0 Å². The third kappa shape index (κ3) is 4.85. The molecule has 6 nitrogen and oxygen atoms in total. The van der Waals surface area contributed by atoms with E-state index in [1.807, 2.05) is 43.3 Å². The van der Waals surface area contributed by atoms with Crippen molar-refractivity contribution in [3.63, 3.8) is 0 Å². The molecular weight excluding hydrogens is 441 g/mol. The number of carbonyl (C=O) groups excluding carboxylic acids is 1. The fourth-order valence-corrected chi connectivity index (χ4v) is 6.14. The Balaban J connectivity index is 1.32. The third-order valence-corrected chi connectivity index (χ3v) is 8.55. The number of aromatic nitrogens is 1. The molecule has 4 atom stereocenters. The zero-order valence-electron chi connectivity index (χ0n) is 21.2. The van der Waals surface area contributed by atoms with E-state index in [0.717, 1.165) is 42.2 Å². The first kappa shape index (κ1) is 24.3. The van der Waals surface area contributed by atoms with Crippen LogP contribution in [0, 0.1) is 17.3 Å². The van der Waals surface area contributed by atoms with E-state index in [-0.39, 0.29) is 30.7 Å². The molecule has 186 valence electrons. The molecule has 4 aliphatic rings. The fourth-order valence-electron chi connectivity index (χ4n) is 6.14. The predicted octanol–water partition coefficient (Wildman–Crippen LogP) is 5.67. The van der Waals surface area contributed by atoms with Gasteiger partial charge < -0.3 is 18.8 Å². The zero-order valence-corrected chi connectivity index (χ0v) is 21.2. The van der Waals surface area contributed by atoms with Gasteiger partial charge >= 0.3 is 13.1 Å². The summed E-state index contributed by atoms with van der Waals surface area (Å²) < 4.78 is 23.9. The molecule has 2 bridgehead atoms. The Hall–Kier alpha value is -2.38. The standard InChI is InChI=1S/C28H36BNO5/c1-5-34-29(35-21-14-19-13-20(15-21)28(19,2)3)24-16-23(24)22-11-12-30-25(27(31)32-4)26(22)33-17-18-9-7-6-8-10-18/h6-12,19-21,23-24H,5,13-17H2,1-4H3/t19?,20?,21?,23-,24-/m0/s1. The third-order valence-electron chi connectivity index (χ3n) is 8.55. The van der Waals surface area contributed by atoms with Crippen LogP contribution in [0.5, 0.6) is 5.75 Å². The van der Waals surface area contributed by atoms with Crippen molar-refractivity contribution in [2.24, 2.45) is 17.3 Å². The number of ether oxygens (including phenoxy) is 2. The lowest BCUT2D eigenvalue weighted by Gasteiger charge is -2.59. The van der Waals surface area contributed by atoms with Crippen LogP contribution in [0.3, 0.4) is 0 Å². The van der Waals surface area contributed by atoms with E-state index >= 15 is 0 Å². The lowest BCUT2D eigenvalue weighted by molar-refractivity contribution is -0.113. The first-order valence-electron chi connectivity index (χ1n) is 12.9. The molecule has 7 heteroatoms. The number of benzene rings is 1. The van der Waals surface area contributed by atoms with Crippen LogP contribution in [-0.2, 0) is 20.7 Å². The number of rotatable bonds is 10. The molecule has 0 N–H and O–H groups in total. The number of nitrogens with zero attached hydrogens (tertiary/aromatic N) is 1. The van der Waals surface area contributed by atoms with Crippen LogP contribution in [0.4, 0.5) is 0 Å². The summed E-state index contributed by atoms with van der Waals surface area (Å²) in [6, 6.07) is 11.9. The van der Waals surface area contributed by atoms with Crippen molar-refractivity contribution in [3.8, 4) is 5.75 Å². The zero-order chi connectivity index (χ0) is 24.6. The predicted molar refractivity (Wildman–Crippen MR) is 134 cm³/mol. The molecule has 2 aromatic rings. The summed E-state index contributed by atoms with van der Waals surface area (Å²) in [4.78, 5) is 16.8. The summed E-state index contributed by atoms with van der Waals surface area (Å²) in [6.07, 6.45) is 6.45. The van der Waals surface area contributed by atoms with Gasteiger partial charge in [-0.05, 0) is 67.4 Å². The minimum absolute atomic E-state index is 0.193. The number of methoxy groups -OCH3 is 1. The number of esters is 1. The molecule has 35 heavy (non-hydrogen) atoms. The number of hydrogen-bond donors (Lipinski definition) is 0. The van der Waals surface area contributed by atoms with Crippen LogP contribution < -0.4 is 4.74 Å². The summed E-state index contributed by atoms with van der Waals surface area (Å²) in [6.45, 7) is 7.79. The number of hydrogen-bond acceptors (Lipinski definition) is 6. The van der Waals surface area contributed by atoms with Crippen molar-refractivity contribution >= 4 is 13.1 Å². The average Bonchev–Trinajstić information content (AvgIpc) is 3.68. The van der Waals surface area contributed by atoms with Gasteiger partial charge in [-0.3, -0.25) is 0 Å². The maximum absolute atomic E-state index is 12.5. The molecule has 1 heterocycles. The molecule has 0 aliphatic heterocycles. The molecule has 4 saturated carbocycles. The highest BCUT2D eigenvalue weighted by Gasteiger charge is 2.56. The summed E-state index contributed by atoms with van der Waals surface area (Å²) in [5.74, 6) is 1.94. The molecule has 1 aromatic carbocycles. The Kier molecular flexibility index (Phi) is 6.91. The van der Waals surface area contributed by atoms with E-state index in [1.54, 1.807) is 6.20 Å². The second-order valence-electron chi connectivity index (χ2n) is 10.9. The van der Waals surface area contributed by atoms with Crippen molar-refractivity contribution in [2.75, 3.05) is 13.7 Å². The lowest BCUT2D eigenvalue weighted by atomic mass is 9.48. The summed E-state index contributed by atoms with van der Waals surface area (Å²) in [5, 5.41) is 0. The normalized spacial score (nSPS) is 28.1. The molecule has 0 saturated heterocycles. The maximum Gasteiger partial charge on any atom is 0.461 e. The van der Waals surface area contributed by atoms with Crippen LogP contribution in [0.1, 0.15) is 74.0 Å². The molecule has 4 aliphatic carbocycles. The van der Waals surface area contributed by atoms with Crippen molar-refractivity contribution in [1.82, 2.24) is 4.98 Å². The van der Waals surface area contributed by atoms with Crippen LogP contribution in [0.2, 0.25) is 5.82 Å². The highest BCUT2D eigenvalue weighted by atomic mass is 16.6. The molecule has 0 amide bonds. The van der Waals surface area contributed by atoms with Crippen molar-refractivity contribution < 1.29 is 23.6 Å². The minimum Gasteiger partial charge on any atom is -0.486 e. The SMILES string of the molecule is CCOB(OC1CC2CC(C1)C2(C)C)[C@H]1C[C@H]1c1ccnc(C(=O)OC)c1OCc1ccccc1. The maximum atomic E-state index is 12.5. The molecule has 2 unspecified atom stereocenters. The Labute approximate surface area is 208 Å². The molecular formula is C28H36BNO5. The topological polar surface area (TPSA) is 66.9 Å². The first-order chi connectivity index (χ1) is 16.9. The summed E-state index contributed by atoms with van der Waals surface area (Å²) in [7, 11) is 1.12. The fraction of sp³-hybridized carbons (Fsp3) is 0.571. The van der Waals surface area contributed by atoms with Gasteiger partial charge in [-0.15, -0.1) is 0 Å². The largest absolute Gasteiger partial charge is 0.486 e. The van der Waals surface area contributed by atoms with Gasteiger partial charge in [0, 0.05) is 30.3 Å². The van der Waals surface area contributed by atoms with E-state index in [4.69, 9.17) is 18.8 Å². The molecule has 0 radical (unpaired) electrons. The second kappa shape index (κ2) is 9.94. The van der Waals surface area contributed by atoms with Gasteiger partial charge in [0.15, 0.2) is 11.4 Å². The Morgan fingerprint density at radius 2 is 1.83 bits per heavy atom. The van der Waals surface area contributed by atoms with E-state index in [2.05, 4.69) is 18.8 Å². The van der Waals surface area contributed by atoms with E-state index in [0.29, 0.717) is 24.4 Å². The van der Waals surface area contributed by atoms with Gasteiger partial charge in [0.25, 0.3) is 0 Å². The monoisotopic (exact) mass is 477 g/mol. The van der Waals surface area contributed by atoms with Crippen molar-refractivity contribution in [1.29, 1.82) is 0 Å². The minimum atomic E-state index is -0.492. The van der Waals surface area contributed by atoms with Crippen molar-refractivity contribution in [2.45, 2.75) is 70.9 Å². The number of fused-ring (bicyclic) bond motifs is 2. The molecule has 6 rings (SSSR count). The van der Waals surface area contributed by atoms with Gasteiger partial charge in [-0.25, -0.2) is 9.78 Å². The van der Waals surface area contributed by atoms with Crippen LogP contribution in [0.25, 0.3) is 0 Å². The van der Waals surface area contributed by atoms with E-state index in [1.165, 1.54) is 13.5 Å². The summed E-state index contributed by atoms with van der Waals surface area (Å²) in [5.41, 5.74) is 2.67. The Morgan fingerprint density at radius 1 is 1.09 bits per heavy atom.